The maximum Gasteiger partial charge on any atom is 0.339 e. The summed E-state index contributed by atoms with van der Waals surface area (Å²) in [6, 6.07) is 9.82. The number of ether oxygens (including phenoxy) is 2. The summed E-state index contributed by atoms with van der Waals surface area (Å²) in [5.74, 6) is 1.14. The van der Waals surface area contributed by atoms with Gasteiger partial charge in [-0.05, 0) is 57.9 Å². The number of hydrazone groups is 1. The van der Waals surface area contributed by atoms with Gasteiger partial charge in [0, 0.05) is 10.7 Å². The van der Waals surface area contributed by atoms with Crippen LogP contribution in [0.15, 0.2) is 46.0 Å². The number of carbonyl (C=O) groups is 1. The van der Waals surface area contributed by atoms with E-state index in [9.17, 15) is 4.79 Å². The number of rotatable bonds is 5. The molecule has 6 nitrogen and oxygen atoms in total. The van der Waals surface area contributed by atoms with E-state index in [1.807, 2.05) is 0 Å². The zero-order valence-corrected chi connectivity index (χ0v) is 15.3. The molecule has 2 rings (SSSR count). The Morgan fingerprint density at radius 2 is 1.92 bits per heavy atom. The van der Waals surface area contributed by atoms with E-state index in [0.717, 1.165) is 10.0 Å². The summed E-state index contributed by atoms with van der Waals surface area (Å²) in [5, 5.41) is 7.12. The van der Waals surface area contributed by atoms with Gasteiger partial charge in [-0.25, -0.2) is 10.2 Å². The highest BCUT2D eigenvalue weighted by molar-refractivity contribution is 9.10. The molecular weight excluding hydrogens is 398 g/mol. The molecule has 2 aromatic carbocycles. The normalized spacial score (nSPS) is 10.5. The van der Waals surface area contributed by atoms with Crippen LogP contribution in [0.2, 0.25) is 5.02 Å². The fourth-order valence-corrected chi connectivity index (χ4v) is 2.62. The number of carbonyl (C=O) groups excluding carboxylic acids is 1. The Hall–Kier alpha value is -2.25. The average molecular weight is 413 g/mol. The zero-order valence-electron chi connectivity index (χ0n) is 13.0. The molecule has 2 aromatic rings. The van der Waals surface area contributed by atoms with Crippen LogP contribution in [0, 0.1) is 0 Å². The number of anilines is 1. The molecule has 0 saturated heterocycles. The van der Waals surface area contributed by atoms with Crippen molar-refractivity contribution >= 4 is 45.5 Å². The molecule has 0 aliphatic rings. The van der Waals surface area contributed by atoms with Gasteiger partial charge < -0.3 is 14.8 Å². The summed E-state index contributed by atoms with van der Waals surface area (Å²) in [7, 11) is 3.10. The van der Waals surface area contributed by atoms with E-state index in [1.54, 1.807) is 50.6 Å². The topological polar surface area (TPSA) is 72.0 Å². The van der Waals surface area contributed by atoms with Crippen molar-refractivity contribution in [2.75, 3.05) is 19.5 Å². The fourth-order valence-electron chi connectivity index (χ4n) is 1.87. The van der Waals surface area contributed by atoms with Gasteiger partial charge in [0.2, 0.25) is 0 Å². The Balaban J connectivity index is 1.99. The predicted octanol–water partition coefficient (Wildman–Crippen LogP) is 4.28. The molecule has 0 bridgehead atoms. The Kier molecular flexibility index (Phi) is 6.45. The van der Waals surface area contributed by atoms with Gasteiger partial charge in [-0.3, -0.25) is 0 Å². The number of halogens is 2. The first-order valence-electron chi connectivity index (χ1n) is 6.80. The SMILES string of the molecule is COc1cc(/C=N\NC(=O)Nc2ccc(Cl)cc2)cc(Br)c1OC. The van der Waals surface area contributed by atoms with Gasteiger partial charge in [-0.2, -0.15) is 5.10 Å². The van der Waals surface area contributed by atoms with Gasteiger partial charge >= 0.3 is 6.03 Å². The molecule has 0 saturated carbocycles. The molecule has 24 heavy (non-hydrogen) atoms. The lowest BCUT2D eigenvalue weighted by Gasteiger charge is -2.10. The van der Waals surface area contributed by atoms with Crippen LogP contribution in [-0.4, -0.2) is 26.5 Å². The van der Waals surface area contributed by atoms with Crippen LogP contribution in [0.4, 0.5) is 10.5 Å². The summed E-state index contributed by atoms with van der Waals surface area (Å²) in [6.45, 7) is 0. The van der Waals surface area contributed by atoms with E-state index < -0.39 is 6.03 Å². The van der Waals surface area contributed by atoms with Crippen LogP contribution in [0.5, 0.6) is 11.5 Å². The van der Waals surface area contributed by atoms with E-state index in [0.29, 0.717) is 22.2 Å². The van der Waals surface area contributed by atoms with E-state index in [1.165, 1.54) is 6.21 Å². The Labute approximate surface area is 152 Å². The van der Waals surface area contributed by atoms with Crippen LogP contribution in [0.1, 0.15) is 5.56 Å². The first-order chi connectivity index (χ1) is 11.5. The minimum absolute atomic E-state index is 0.465. The van der Waals surface area contributed by atoms with Gasteiger partial charge in [0.15, 0.2) is 11.5 Å². The molecule has 0 unspecified atom stereocenters. The third kappa shape index (κ3) is 4.87. The quantitative estimate of drug-likeness (QED) is 0.569. The van der Waals surface area contributed by atoms with Crippen LogP contribution in [0.25, 0.3) is 0 Å². The molecule has 2 N–H and O–H groups in total. The lowest BCUT2D eigenvalue weighted by Crippen LogP contribution is -2.24. The van der Waals surface area contributed by atoms with Crippen LogP contribution in [0.3, 0.4) is 0 Å². The largest absolute Gasteiger partial charge is 0.493 e. The molecule has 0 aromatic heterocycles. The Bertz CT molecular complexity index is 751. The number of nitrogens with zero attached hydrogens (tertiary/aromatic N) is 1. The summed E-state index contributed by atoms with van der Waals surface area (Å²) in [5.41, 5.74) is 3.72. The lowest BCUT2D eigenvalue weighted by molar-refractivity contribution is 0.252. The molecule has 0 atom stereocenters. The molecule has 8 heteroatoms. The molecule has 0 radical (unpaired) electrons. The third-order valence-electron chi connectivity index (χ3n) is 2.94. The van der Waals surface area contributed by atoms with Gasteiger partial charge in [-0.15, -0.1) is 0 Å². The molecule has 2 amide bonds. The van der Waals surface area contributed by atoms with Gasteiger partial charge in [0.05, 0.1) is 24.9 Å². The van der Waals surface area contributed by atoms with E-state index in [4.69, 9.17) is 21.1 Å². The molecular formula is C16H15BrClN3O3. The molecule has 0 spiro atoms. The van der Waals surface area contributed by atoms with Gasteiger partial charge in [-0.1, -0.05) is 11.6 Å². The highest BCUT2D eigenvalue weighted by Gasteiger charge is 2.09. The molecule has 0 fully saturated rings. The number of hydrogen-bond acceptors (Lipinski definition) is 4. The van der Waals surface area contributed by atoms with Crippen molar-refractivity contribution in [3.05, 3.63) is 51.5 Å². The first-order valence-corrected chi connectivity index (χ1v) is 7.97. The minimum Gasteiger partial charge on any atom is -0.493 e. The van der Waals surface area contributed by atoms with Crippen molar-refractivity contribution < 1.29 is 14.3 Å². The monoisotopic (exact) mass is 411 g/mol. The molecule has 0 aliphatic carbocycles. The number of amides is 2. The van der Waals surface area contributed by atoms with Crippen molar-refractivity contribution in [3.8, 4) is 11.5 Å². The molecule has 126 valence electrons. The van der Waals surface area contributed by atoms with Crippen molar-refractivity contribution in [1.82, 2.24) is 5.43 Å². The zero-order chi connectivity index (χ0) is 17.5. The first kappa shape index (κ1) is 18.1. The fraction of sp³-hybridized carbons (Fsp3) is 0.125. The highest BCUT2D eigenvalue weighted by atomic mass is 79.9. The van der Waals surface area contributed by atoms with Crippen molar-refractivity contribution in [3.63, 3.8) is 0 Å². The Morgan fingerprint density at radius 3 is 2.54 bits per heavy atom. The summed E-state index contributed by atoms with van der Waals surface area (Å²) in [6.07, 6.45) is 1.49. The third-order valence-corrected chi connectivity index (χ3v) is 3.78. The minimum atomic E-state index is -0.465. The predicted molar refractivity (Wildman–Crippen MR) is 98.4 cm³/mol. The second kappa shape index (κ2) is 8.56. The number of benzene rings is 2. The Morgan fingerprint density at radius 1 is 1.21 bits per heavy atom. The van der Waals surface area contributed by atoms with Gasteiger partial charge in [0.25, 0.3) is 0 Å². The number of methoxy groups -OCH3 is 2. The van der Waals surface area contributed by atoms with Crippen LogP contribution in [-0.2, 0) is 0 Å². The van der Waals surface area contributed by atoms with E-state index in [2.05, 4.69) is 31.8 Å². The van der Waals surface area contributed by atoms with Crippen molar-refractivity contribution in [1.29, 1.82) is 0 Å². The summed E-state index contributed by atoms with van der Waals surface area (Å²) in [4.78, 5) is 11.8. The van der Waals surface area contributed by atoms with Crippen LogP contribution < -0.4 is 20.2 Å². The van der Waals surface area contributed by atoms with E-state index >= 15 is 0 Å². The molecule has 0 heterocycles. The van der Waals surface area contributed by atoms with Crippen LogP contribution >= 0.6 is 27.5 Å². The second-order valence-electron chi connectivity index (χ2n) is 4.57. The van der Waals surface area contributed by atoms with Crippen molar-refractivity contribution in [2.24, 2.45) is 5.10 Å². The molecule has 0 aliphatic heterocycles. The smallest absolute Gasteiger partial charge is 0.339 e. The van der Waals surface area contributed by atoms with Gasteiger partial charge in [0.1, 0.15) is 0 Å². The standard InChI is InChI=1S/C16H15BrClN3O3/c1-23-14-8-10(7-13(17)15(14)24-2)9-19-21-16(22)20-12-5-3-11(18)4-6-12/h3-9H,1-2H3,(H2,20,21,22)/b19-9-. The number of urea groups is 1. The van der Waals surface area contributed by atoms with E-state index in [-0.39, 0.29) is 0 Å². The maximum atomic E-state index is 11.8. The lowest BCUT2D eigenvalue weighted by atomic mass is 10.2. The number of hydrogen-bond donors (Lipinski definition) is 2. The van der Waals surface area contributed by atoms with Crippen molar-refractivity contribution in [2.45, 2.75) is 0 Å². The second-order valence-corrected chi connectivity index (χ2v) is 5.86. The summed E-state index contributed by atoms with van der Waals surface area (Å²) >= 11 is 9.18. The highest BCUT2D eigenvalue weighted by Crippen LogP contribution is 2.35. The maximum absolute atomic E-state index is 11.8. The average Bonchev–Trinajstić information content (AvgIpc) is 2.56. The summed E-state index contributed by atoms with van der Waals surface area (Å²) < 4.78 is 11.2. The number of nitrogens with one attached hydrogen (secondary N) is 2.